The molecule has 3 nitrogen and oxygen atoms in total. The number of halogens is 1. The summed E-state index contributed by atoms with van der Waals surface area (Å²) in [5.41, 5.74) is 1.03. The molecule has 1 aliphatic rings. The number of hydrogen-bond donors (Lipinski definition) is 2. The van der Waals surface area contributed by atoms with Crippen LogP contribution in [0.15, 0.2) is 24.3 Å². The van der Waals surface area contributed by atoms with Gasteiger partial charge >= 0.3 is 0 Å². The fourth-order valence-corrected chi connectivity index (χ4v) is 2.45. The Morgan fingerprint density at radius 1 is 1.50 bits per heavy atom. The first-order valence-electron chi connectivity index (χ1n) is 6.46. The van der Waals surface area contributed by atoms with Crippen LogP contribution in [0, 0.1) is 0 Å². The Labute approximate surface area is 113 Å². The van der Waals surface area contributed by atoms with Crippen LogP contribution in [0.5, 0.6) is 0 Å². The summed E-state index contributed by atoms with van der Waals surface area (Å²) in [6.07, 6.45) is 3.21. The molecule has 1 heterocycles. The number of carbonyl (C=O) groups excluding carboxylic acids is 1. The van der Waals surface area contributed by atoms with Gasteiger partial charge in [-0.2, -0.15) is 0 Å². The first kappa shape index (κ1) is 13.4. The third kappa shape index (κ3) is 3.47. The van der Waals surface area contributed by atoms with E-state index in [2.05, 4.69) is 10.6 Å². The van der Waals surface area contributed by atoms with Gasteiger partial charge in [-0.3, -0.25) is 4.79 Å². The third-order valence-corrected chi connectivity index (χ3v) is 3.57. The fraction of sp³-hybridized carbons (Fsp3) is 0.500. The number of nitrogens with one attached hydrogen (secondary N) is 2. The van der Waals surface area contributed by atoms with E-state index in [0.717, 1.165) is 31.4 Å². The maximum absolute atomic E-state index is 12.1. The first-order valence-corrected chi connectivity index (χ1v) is 6.84. The van der Waals surface area contributed by atoms with Gasteiger partial charge in [0.2, 0.25) is 5.91 Å². The van der Waals surface area contributed by atoms with Gasteiger partial charge in [0.25, 0.3) is 0 Å². The van der Waals surface area contributed by atoms with Crippen molar-refractivity contribution in [3.8, 4) is 0 Å². The van der Waals surface area contributed by atoms with Crippen LogP contribution in [0.2, 0.25) is 5.02 Å². The lowest BCUT2D eigenvalue weighted by Gasteiger charge is -2.24. The van der Waals surface area contributed by atoms with Gasteiger partial charge in [0.05, 0.1) is 12.1 Å². The summed E-state index contributed by atoms with van der Waals surface area (Å²) < 4.78 is 0. The molecular formula is C14H19ClN2O. The van der Waals surface area contributed by atoms with E-state index in [4.69, 9.17) is 11.6 Å². The Kier molecular flexibility index (Phi) is 4.61. The van der Waals surface area contributed by atoms with Crippen LogP contribution in [0.3, 0.4) is 0 Å². The summed E-state index contributed by atoms with van der Waals surface area (Å²) in [6, 6.07) is 7.55. The zero-order chi connectivity index (χ0) is 13.0. The highest BCUT2D eigenvalue weighted by atomic mass is 35.5. The molecule has 0 unspecified atom stereocenters. The van der Waals surface area contributed by atoms with Gasteiger partial charge in [-0.25, -0.2) is 0 Å². The fourth-order valence-electron chi connectivity index (χ4n) is 2.25. The van der Waals surface area contributed by atoms with Crippen molar-refractivity contribution in [1.29, 1.82) is 0 Å². The summed E-state index contributed by atoms with van der Waals surface area (Å²) in [5.74, 6) is 0.0853. The number of hydrogen-bond acceptors (Lipinski definition) is 2. The zero-order valence-electron chi connectivity index (χ0n) is 10.6. The molecule has 2 rings (SSSR count). The molecule has 98 valence electrons. The quantitative estimate of drug-likeness (QED) is 0.883. The summed E-state index contributed by atoms with van der Waals surface area (Å²) in [6.45, 7) is 2.91. The molecule has 2 atom stereocenters. The predicted octanol–water partition coefficient (Wildman–Crippen LogP) is 2.66. The zero-order valence-corrected chi connectivity index (χ0v) is 11.3. The van der Waals surface area contributed by atoms with Gasteiger partial charge in [-0.1, -0.05) is 30.2 Å². The summed E-state index contributed by atoms with van der Waals surface area (Å²) in [7, 11) is 0. The van der Waals surface area contributed by atoms with Gasteiger partial charge in [0.15, 0.2) is 0 Å². The van der Waals surface area contributed by atoms with Crippen LogP contribution in [0.1, 0.15) is 37.8 Å². The predicted molar refractivity (Wildman–Crippen MR) is 73.7 cm³/mol. The Morgan fingerprint density at radius 2 is 2.33 bits per heavy atom. The van der Waals surface area contributed by atoms with Crippen molar-refractivity contribution < 1.29 is 4.79 Å². The molecule has 0 spiro atoms. The van der Waals surface area contributed by atoms with E-state index < -0.39 is 0 Å². The molecule has 0 aliphatic carbocycles. The minimum absolute atomic E-state index is 0.0140. The average Bonchev–Trinajstić information content (AvgIpc) is 2.39. The molecule has 1 fully saturated rings. The van der Waals surface area contributed by atoms with Crippen LogP contribution < -0.4 is 10.6 Å². The Bertz CT molecular complexity index is 416. The van der Waals surface area contributed by atoms with Crippen molar-refractivity contribution in [2.24, 2.45) is 0 Å². The Morgan fingerprint density at radius 3 is 3.00 bits per heavy atom. The molecule has 0 aromatic heterocycles. The van der Waals surface area contributed by atoms with Crippen molar-refractivity contribution >= 4 is 17.5 Å². The minimum atomic E-state index is -0.0413. The third-order valence-electron chi connectivity index (χ3n) is 3.33. The standard InChI is InChI=1S/C14H19ClN2O/c1-10(11-5-4-6-12(15)9-11)17-14(18)13-7-2-3-8-16-13/h4-6,9-10,13,16H,2-3,7-8H2,1H3,(H,17,18)/t10-,13-/m0/s1. The van der Waals surface area contributed by atoms with Crippen molar-refractivity contribution in [1.82, 2.24) is 10.6 Å². The molecule has 1 aromatic rings. The van der Waals surface area contributed by atoms with Crippen LogP contribution in [-0.4, -0.2) is 18.5 Å². The first-order chi connectivity index (χ1) is 8.66. The second kappa shape index (κ2) is 6.21. The van der Waals surface area contributed by atoms with E-state index in [9.17, 15) is 4.79 Å². The number of benzene rings is 1. The normalized spacial score (nSPS) is 21.3. The number of piperidine rings is 1. The number of carbonyl (C=O) groups is 1. The van der Waals surface area contributed by atoms with Gasteiger partial charge in [0, 0.05) is 5.02 Å². The van der Waals surface area contributed by atoms with Crippen molar-refractivity contribution in [3.63, 3.8) is 0 Å². The molecule has 0 bridgehead atoms. The molecule has 2 N–H and O–H groups in total. The maximum atomic E-state index is 12.1. The molecule has 1 aliphatic heterocycles. The van der Waals surface area contributed by atoms with E-state index in [-0.39, 0.29) is 18.0 Å². The highest BCUT2D eigenvalue weighted by Crippen LogP contribution is 2.18. The molecule has 0 radical (unpaired) electrons. The van der Waals surface area contributed by atoms with E-state index in [1.54, 1.807) is 0 Å². The molecule has 1 aromatic carbocycles. The van der Waals surface area contributed by atoms with Crippen molar-refractivity contribution in [2.75, 3.05) is 6.54 Å². The SMILES string of the molecule is C[C@H](NC(=O)[C@@H]1CCCCN1)c1cccc(Cl)c1. The van der Waals surface area contributed by atoms with Crippen LogP contribution in [-0.2, 0) is 4.79 Å². The van der Waals surface area contributed by atoms with E-state index in [0.29, 0.717) is 5.02 Å². The molecule has 1 amide bonds. The Hall–Kier alpha value is -1.06. The van der Waals surface area contributed by atoms with Crippen molar-refractivity contribution in [2.45, 2.75) is 38.3 Å². The molecule has 18 heavy (non-hydrogen) atoms. The number of rotatable bonds is 3. The second-order valence-electron chi connectivity index (χ2n) is 4.79. The molecular weight excluding hydrogens is 248 g/mol. The van der Waals surface area contributed by atoms with Gasteiger partial charge in [-0.05, 0) is 44.0 Å². The smallest absolute Gasteiger partial charge is 0.237 e. The van der Waals surface area contributed by atoms with Gasteiger partial charge in [0.1, 0.15) is 0 Å². The van der Waals surface area contributed by atoms with Gasteiger partial charge in [-0.15, -0.1) is 0 Å². The molecule has 1 saturated heterocycles. The lowest BCUT2D eigenvalue weighted by molar-refractivity contribution is -0.124. The average molecular weight is 267 g/mol. The monoisotopic (exact) mass is 266 g/mol. The highest BCUT2D eigenvalue weighted by molar-refractivity contribution is 6.30. The van der Waals surface area contributed by atoms with Crippen LogP contribution >= 0.6 is 11.6 Å². The summed E-state index contributed by atoms with van der Waals surface area (Å²) in [5, 5.41) is 6.98. The van der Waals surface area contributed by atoms with Crippen molar-refractivity contribution in [3.05, 3.63) is 34.9 Å². The number of amides is 1. The highest BCUT2D eigenvalue weighted by Gasteiger charge is 2.21. The van der Waals surface area contributed by atoms with Crippen LogP contribution in [0.4, 0.5) is 0 Å². The topological polar surface area (TPSA) is 41.1 Å². The summed E-state index contributed by atoms with van der Waals surface area (Å²) >= 11 is 5.95. The lowest BCUT2D eigenvalue weighted by atomic mass is 10.0. The minimum Gasteiger partial charge on any atom is -0.348 e. The Balaban J connectivity index is 1.94. The molecule has 0 saturated carbocycles. The maximum Gasteiger partial charge on any atom is 0.237 e. The van der Waals surface area contributed by atoms with E-state index >= 15 is 0 Å². The van der Waals surface area contributed by atoms with E-state index in [1.165, 1.54) is 0 Å². The largest absolute Gasteiger partial charge is 0.348 e. The molecule has 4 heteroatoms. The van der Waals surface area contributed by atoms with Gasteiger partial charge < -0.3 is 10.6 Å². The lowest BCUT2D eigenvalue weighted by Crippen LogP contribution is -2.47. The summed E-state index contributed by atoms with van der Waals surface area (Å²) in [4.78, 5) is 12.1. The van der Waals surface area contributed by atoms with Crippen LogP contribution in [0.25, 0.3) is 0 Å². The van der Waals surface area contributed by atoms with E-state index in [1.807, 2.05) is 31.2 Å². The second-order valence-corrected chi connectivity index (χ2v) is 5.22.